The number of ether oxygens (including phenoxy) is 1. The second-order valence-corrected chi connectivity index (χ2v) is 7.58. The summed E-state index contributed by atoms with van der Waals surface area (Å²) in [5, 5.41) is 0. The van der Waals surface area contributed by atoms with E-state index in [1.807, 2.05) is 31.2 Å². The van der Waals surface area contributed by atoms with Crippen LogP contribution in [0.15, 0.2) is 24.3 Å². The Kier molecular flexibility index (Phi) is 4.47. The van der Waals surface area contributed by atoms with E-state index in [1.165, 1.54) is 0 Å². The Hall–Kier alpha value is -1.07. The molecule has 2 N–H and O–H groups in total. The first-order chi connectivity index (χ1) is 8.96. The zero-order chi connectivity index (χ0) is 13.9. The molecule has 19 heavy (non-hydrogen) atoms. The van der Waals surface area contributed by atoms with Gasteiger partial charge in [0.05, 0.1) is 11.5 Å². The molecule has 0 radical (unpaired) electrons. The summed E-state index contributed by atoms with van der Waals surface area (Å²) in [4.78, 5) is 0. The molecule has 0 amide bonds. The summed E-state index contributed by atoms with van der Waals surface area (Å²) >= 11 is 0. The Labute approximate surface area is 114 Å². The van der Waals surface area contributed by atoms with Crippen LogP contribution in [-0.4, -0.2) is 32.6 Å². The normalized spacial score (nSPS) is 20.9. The molecule has 1 fully saturated rings. The molecule has 0 aromatic heterocycles. The van der Waals surface area contributed by atoms with Gasteiger partial charge in [0.15, 0.2) is 0 Å². The molecule has 0 saturated carbocycles. The summed E-state index contributed by atoms with van der Waals surface area (Å²) in [7, 11) is -2.82. The number of sulfone groups is 1. The number of hydrogen-bond acceptors (Lipinski definition) is 4. The molecule has 1 heterocycles. The number of aryl methyl sites for hydroxylation is 1. The lowest BCUT2D eigenvalue weighted by atomic mass is 9.95. The van der Waals surface area contributed by atoms with Crippen molar-refractivity contribution < 1.29 is 13.2 Å². The smallest absolute Gasteiger partial charge is 0.150 e. The lowest BCUT2D eigenvalue weighted by Gasteiger charge is -2.27. The first-order valence-corrected chi connectivity index (χ1v) is 8.44. The second-order valence-electron chi connectivity index (χ2n) is 5.28. The van der Waals surface area contributed by atoms with Gasteiger partial charge in [-0.25, -0.2) is 8.42 Å². The Balaban J connectivity index is 1.83. The molecule has 106 valence electrons. The second kappa shape index (κ2) is 5.92. The van der Waals surface area contributed by atoms with Crippen LogP contribution in [0.2, 0.25) is 0 Å². The lowest BCUT2D eigenvalue weighted by Crippen LogP contribution is -2.40. The van der Waals surface area contributed by atoms with Gasteiger partial charge in [0.1, 0.15) is 22.2 Å². The van der Waals surface area contributed by atoms with Crippen molar-refractivity contribution in [3.8, 4) is 5.75 Å². The maximum atomic E-state index is 11.4. The van der Waals surface area contributed by atoms with Crippen molar-refractivity contribution in [2.75, 3.05) is 18.1 Å². The molecule has 1 saturated heterocycles. The lowest BCUT2D eigenvalue weighted by molar-refractivity contribution is 0.237. The largest absolute Gasteiger partial charge is 0.492 e. The molecular formula is C14H21NO3S. The van der Waals surface area contributed by atoms with E-state index in [0.29, 0.717) is 19.4 Å². The van der Waals surface area contributed by atoms with Crippen molar-refractivity contribution in [2.45, 2.75) is 25.8 Å². The third kappa shape index (κ3) is 4.21. The highest BCUT2D eigenvalue weighted by molar-refractivity contribution is 7.91. The molecule has 2 rings (SSSR count). The van der Waals surface area contributed by atoms with Gasteiger partial charge >= 0.3 is 0 Å². The van der Waals surface area contributed by atoms with E-state index in [-0.39, 0.29) is 23.5 Å². The Morgan fingerprint density at radius 1 is 1.37 bits per heavy atom. The van der Waals surface area contributed by atoms with E-state index in [2.05, 4.69) is 0 Å². The molecule has 4 nitrogen and oxygen atoms in total. The summed E-state index contributed by atoms with van der Waals surface area (Å²) in [6.07, 6.45) is 1.31. The van der Waals surface area contributed by atoms with E-state index < -0.39 is 9.84 Å². The zero-order valence-electron chi connectivity index (χ0n) is 11.2. The molecule has 0 bridgehead atoms. The predicted octanol–water partition coefficient (Wildman–Crippen LogP) is 1.53. The van der Waals surface area contributed by atoms with E-state index in [1.54, 1.807) is 0 Å². The molecule has 0 spiro atoms. The molecule has 1 aromatic carbocycles. The highest BCUT2D eigenvalue weighted by Gasteiger charge is 2.27. The van der Waals surface area contributed by atoms with E-state index in [9.17, 15) is 8.42 Å². The van der Waals surface area contributed by atoms with Gasteiger partial charge in [0.25, 0.3) is 0 Å². The van der Waals surface area contributed by atoms with Crippen molar-refractivity contribution in [3.63, 3.8) is 0 Å². The number of hydrogen-bond donors (Lipinski definition) is 1. The topological polar surface area (TPSA) is 69.4 Å². The van der Waals surface area contributed by atoms with Crippen molar-refractivity contribution in [2.24, 2.45) is 11.7 Å². The van der Waals surface area contributed by atoms with Crippen LogP contribution >= 0.6 is 0 Å². The van der Waals surface area contributed by atoms with Crippen LogP contribution in [-0.2, 0) is 9.84 Å². The average Bonchev–Trinajstić information content (AvgIpc) is 2.36. The Morgan fingerprint density at radius 3 is 2.68 bits per heavy atom. The van der Waals surface area contributed by atoms with Crippen molar-refractivity contribution in [1.29, 1.82) is 0 Å². The molecular weight excluding hydrogens is 262 g/mol. The fraction of sp³-hybridized carbons (Fsp3) is 0.571. The van der Waals surface area contributed by atoms with E-state index in [0.717, 1.165) is 11.3 Å². The summed E-state index contributed by atoms with van der Waals surface area (Å²) in [5.41, 5.74) is 7.25. The highest BCUT2D eigenvalue weighted by Crippen LogP contribution is 2.22. The van der Waals surface area contributed by atoms with Gasteiger partial charge < -0.3 is 10.5 Å². The number of nitrogens with two attached hydrogens (primary N) is 1. The van der Waals surface area contributed by atoms with Gasteiger partial charge in [-0.2, -0.15) is 0 Å². The SMILES string of the molecule is Cc1cccc(OCC(N)C2CCS(=O)(=O)CC2)c1. The summed E-state index contributed by atoms with van der Waals surface area (Å²) in [6, 6.07) is 7.74. The van der Waals surface area contributed by atoms with Crippen LogP contribution in [0.1, 0.15) is 18.4 Å². The minimum Gasteiger partial charge on any atom is -0.492 e. The zero-order valence-corrected chi connectivity index (χ0v) is 12.0. The minimum atomic E-state index is -2.82. The van der Waals surface area contributed by atoms with Crippen LogP contribution in [0.4, 0.5) is 0 Å². The van der Waals surface area contributed by atoms with Crippen LogP contribution < -0.4 is 10.5 Å². The first kappa shape index (κ1) is 14.3. The van der Waals surface area contributed by atoms with Gasteiger partial charge in [-0.15, -0.1) is 0 Å². The fourth-order valence-electron chi connectivity index (χ4n) is 2.37. The first-order valence-electron chi connectivity index (χ1n) is 6.62. The van der Waals surface area contributed by atoms with Gasteiger partial charge in [0.2, 0.25) is 0 Å². The van der Waals surface area contributed by atoms with Gasteiger partial charge in [0, 0.05) is 6.04 Å². The maximum Gasteiger partial charge on any atom is 0.150 e. The van der Waals surface area contributed by atoms with E-state index in [4.69, 9.17) is 10.5 Å². The maximum absolute atomic E-state index is 11.4. The van der Waals surface area contributed by atoms with Crippen LogP contribution in [0, 0.1) is 12.8 Å². The predicted molar refractivity (Wildman–Crippen MR) is 76.0 cm³/mol. The minimum absolute atomic E-state index is 0.101. The third-order valence-electron chi connectivity index (χ3n) is 3.64. The number of benzene rings is 1. The van der Waals surface area contributed by atoms with Crippen LogP contribution in [0.5, 0.6) is 5.75 Å². The molecule has 1 aliphatic rings. The van der Waals surface area contributed by atoms with Crippen LogP contribution in [0.25, 0.3) is 0 Å². The average molecular weight is 283 g/mol. The summed E-state index contributed by atoms with van der Waals surface area (Å²) in [6.45, 7) is 2.45. The third-order valence-corrected chi connectivity index (χ3v) is 5.35. The monoisotopic (exact) mass is 283 g/mol. The standard InChI is InChI=1S/C14H21NO3S/c1-11-3-2-4-13(9-11)18-10-14(15)12-5-7-19(16,17)8-6-12/h2-4,9,12,14H,5-8,10,15H2,1H3. The molecule has 0 aliphatic carbocycles. The highest BCUT2D eigenvalue weighted by atomic mass is 32.2. The van der Waals surface area contributed by atoms with Crippen molar-refractivity contribution in [3.05, 3.63) is 29.8 Å². The molecule has 1 atom stereocenters. The molecule has 1 aliphatic heterocycles. The summed E-state index contributed by atoms with van der Waals surface area (Å²) < 4.78 is 28.4. The Morgan fingerprint density at radius 2 is 2.05 bits per heavy atom. The van der Waals surface area contributed by atoms with Gasteiger partial charge in [-0.1, -0.05) is 12.1 Å². The van der Waals surface area contributed by atoms with Crippen LogP contribution in [0.3, 0.4) is 0 Å². The molecule has 5 heteroatoms. The van der Waals surface area contributed by atoms with Gasteiger partial charge in [-0.3, -0.25) is 0 Å². The fourth-order valence-corrected chi connectivity index (χ4v) is 3.90. The number of rotatable bonds is 4. The van der Waals surface area contributed by atoms with Gasteiger partial charge in [-0.05, 0) is 43.4 Å². The quantitative estimate of drug-likeness (QED) is 0.909. The van der Waals surface area contributed by atoms with E-state index >= 15 is 0 Å². The molecule has 1 aromatic rings. The summed E-state index contributed by atoms with van der Waals surface area (Å²) in [5.74, 6) is 1.58. The van der Waals surface area contributed by atoms with Crippen molar-refractivity contribution in [1.82, 2.24) is 0 Å². The molecule has 1 unspecified atom stereocenters. The Bertz CT molecular complexity index is 513. The van der Waals surface area contributed by atoms with Crippen molar-refractivity contribution >= 4 is 9.84 Å².